The average Bonchev–Trinajstić information content (AvgIpc) is 3.21. The maximum Gasteiger partial charge on any atom is 0.325 e. The molecule has 5 nitrogen and oxygen atoms in total. The molecule has 1 atom stereocenters. The minimum absolute atomic E-state index is 0.105. The van der Waals surface area contributed by atoms with Crippen LogP contribution < -0.4 is 0 Å². The molecule has 1 aliphatic carbocycles. The predicted molar refractivity (Wildman–Crippen MR) is 113 cm³/mol. The second kappa shape index (κ2) is 7.63. The fraction of sp³-hybridized carbons (Fsp3) is 0.360. The van der Waals surface area contributed by atoms with E-state index in [2.05, 4.69) is 0 Å². The van der Waals surface area contributed by atoms with E-state index in [9.17, 15) is 9.59 Å². The molecule has 0 spiro atoms. The van der Waals surface area contributed by atoms with Gasteiger partial charge >= 0.3 is 11.9 Å². The van der Waals surface area contributed by atoms with Crippen LogP contribution in [0.3, 0.4) is 0 Å². The number of para-hydroxylation sites is 1. The van der Waals surface area contributed by atoms with Crippen LogP contribution in [-0.2, 0) is 25.5 Å². The molecule has 1 aliphatic rings. The third-order valence-electron chi connectivity index (χ3n) is 5.48. The van der Waals surface area contributed by atoms with Crippen LogP contribution in [0, 0.1) is 5.41 Å². The van der Waals surface area contributed by atoms with Gasteiger partial charge in [-0.25, -0.2) is 0 Å². The lowest BCUT2D eigenvalue weighted by Gasteiger charge is -2.33. The molecule has 0 saturated heterocycles. The number of ether oxygens (including phenoxy) is 2. The number of carbonyl (C=O) groups is 2. The number of fused-ring (bicyclic) bond motifs is 3. The Hall–Kier alpha value is -3.08. The van der Waals surface area contributed by atoms with Gasteiger partial charge in [0.25, 0.3) is 0 Å². The van der Waals surface area contributed by atoms with Crippen molar-refractivity contribution in [1.29, 1.82) is 0 Å². The first-order valence-corrected chi connectivity index (χ1v) is 10.3. The van der Waals surface area contributed by atoms with Gasteiger partial charge in [0.05, 0.1) is 12.2 Å². The first-order chi connectivity index (χ1) is 14.3. The van der Waals surface area contributed by atoms with Crippen molar-refractivity contribution in [3.8, 4) is 0 Å². The third-order valence-corrected chi connectivity index (χ3v) is 5.48. The minimum atomic E-state index is -1.53. The quantitative estimate of drug-likeness (QED) is 0.440. The van der Waals surface area contributed by atoms with Crippen molar-refractivity contribution >= 4 is 22.9 Å². The molecule has 1 heterocycles. The number of furan rings is 1. The van der Waals surface area contributed by atoms with Crippen LogP contribution in [0.25, 0.3) is 11.0 Å². The summed E-state index contributed by atoms with van der Waals surface area (Å²) in [6, 6.07) is 17.3. The van der Waals surface area contributed by atoms with Crippen LogP contribution in [0.5, 0.6) is 0 Å². The lowest BCUT2D eigenvalue weighted by Crippen LogP contribution is -2.47. The van der Waals surface area contributed by atoms with Crippen LogP contribution in [-0.4, -0.2) is 24.1 Å². The zero-order valence-corrected chi connectivity index (χ0v) is 17.7. The Morgan fingerprint density at radius 1 is 0.900 bits per heavy atom. The number of esters is 2. The number of benzene rings is 2. The molecule has 1 unspecified atom stereocenters. The maximum atomic E-state index is 13.5. The van der Waals surface area contributed by atoms with Gasteiger partial charge < -0.3 is 13.9 Å². The number of hydrogen-bond donors (Lipinski definition) is 0. The summed E-state index contributed by atoms with van der Waals surface area (Å²) in [5.41, 5.74) is 0.919. The van der Waals surface area contributed by atoms with Crippen molar-refractivity contribution in [2.75, 3.05) is 0 Å². The van der Waals surface area contributed by atoms with Gasteiger partial charge in [-0.15, -0.1) is 0 Å². The second-order valence-corrected chi connectivity index (χ2v) is 8.34. The van der Waals surface area contributed by atoms with Gasteiger partial charge in [0.2, 0.25) is 0 Å². The lowest BCUT2D eigenvalue weighted by molar-refractivity contribution is -0.177. The zero-order chi connectivity index (χ0) is 21.5. The molecule has 0 saturated carbocycles. The zero-order valence-electron chi connectivity index (χ0n) is 17.7. The molecule has 0 fully saturated rings. The SMILES string of the molecule is CC(C)OC(=O)C1(C(=O)OC(C)C)Cc2oc3ccccc3c2C1c1ccccc1. The largest absolute Gasteiger partial charge is 0.462 e. The van der Waals surface area contributed by atoms with Crippen LogP contribution in [0.15, 0.2) is 59.0 Å². The van der Waals surface area contributed by atoms with E-state index in [0.717, 1.165) is 22.1 Å². The Morgan fingerprint density at radius 2 is 1.47 bits per heavy atom. The summed E-state index contributed by atoms with van der Waals surface area (Å²) in [5, 5.41) is 0.901. The van der Waals surface area contributed by atoms with Crippen molar-refractivity contribution in [1.82, 2.24) is 0 Å². The predicted octanol–water partition coefficient (Wildman–Crippen LogP) is 5.01. The van der Waals surface area contributed by atoms with Gasteiger partial charge in [0.1, 0.15) is 11.3 Å². The highest BCUT2D eigenvalue weighted by molar-refractivity contribution is 6.05. The molecular weight excluding hydrogens is 380 g/mol. The van der Waals surface area contributed by atoms with Crippen molar-refractivity contribution in [3.05, 3.63) is 71.5 Å². The van der Waals surface area contributed by atoms with Gasteiger partial charge in [-0.1, -0.05) is 48.5 Å². The highest BCUT2D eigenvalue weighted by atomic mass is 16.6. The standard InChI is InChI=1S/C25H26O5/c1-15(2)28-23(26)25(24(27)29-16(3)4)14-20-21(18-12-8-9-13-19(18)30-20)22(25)17-10-6-5-7-11-17/h5-13,15-16,22H,14H2,1-4H3. The fourth-order valence-corrected chi connectivity index (χ4v) is 4.36. The maximum absolute atomic E-state index is 13.5. The highest BCUT2D eigenvalue weighted by Crippen LogP contribution is 2.55. The first-order valence-electron chi connectivity index (χ1n) is 10.3. The molecule has 2 aromatic carbocycles. The Balaban J connectivity index is 1.97. The number of rotatable bonds is 5. The Bertz CT molecular complexity index is 1060. The smallest absolute Gasteiger partial charge is 0.325 e. The fourth-order valence-electron chi connectivity index (χ4n) is 4.36. The summed E-state index contributed by atoms with van der Waals surface area (Å²) >= 11 is 0. The van der Waals surface area contributed by atoms with Crippen LogP contribution >= 0.6 is 0 Å². The topological polar surface area (TPSA) is 65.7 Å². The second-order valence-electron chi connectivity index (χ2n) is 8.34. The molecule has 0 N–H and O–H groups in total. The van der Waals surface area contributed by atoms with E-state index in [1.54, 1.807) is 27.7 Å². The van der Waals surface area contributed by atoms with Gasteiger partial charge in [-0.05, 0) is 39.3 Å². The average molecular weight is 406 g/mol. The molecule has 1 aromatic heterocycles. The summed E-state index contributed by atoms with van der Waals surface area (Å²) in [4.78, 5) is 27.0. The van der Waals surface area contributed by atoms with Gasteiger partial charge in [-0.2, -0.15) is 0 Å². The van der Waals surface area contributed by atoms with E-state index in [1.165, 1.54) is 0 Å². The Kier molecular flexibility index (Phi) is 5.14. The van der Waals surface area contributed by atoms with E-state index in [-0.39, 0.29) is 18.6 Å². The van der Waals surface area contributed by atoms with Crippen molar-refractivity contribution in [2.45, 2.75) is 52.2 Å². The summed E-state index contributed by atoms with van der Waals surface area (Å²) in [5.74, 6) is -1.08. The van der Waals surface area contributed by atoms with E-state index >= 15 is 0 Å². The van der Waals surface area contributed by atoms with E-state index in [0.29, 0.717) is 5.76 Å². The number of hydrogen-bond acceptors (Lipinski definition) is 5. The summed E-state index contributed by atoms with van der Waals surface area (Å²) in [6.07, 6.45) is -0.615. The molecule has 30 heavy (non-hydrogen) atoms. The normalized spacial score (nSPS) is 17.3. The molecule has 0 radical (unpaired) electrons. The van der Waals surface area contributed by atoms with Crippen molar-refractivity contribution < 1.29 is 23.5 Å². The number of carbonyl (C=O) groups excluding carboxylic acids is 2. The monoisotopic (exact) mass is 406 g/mol. The molecule has 156 valence electrons. The van der Waals surface area contributed by atoms with Crippen LogP contribution in [0.1, 0.15) is 50.5 Å². The molecule has 0 amide bonds. The Morgan fingerprint density at radius 3 is 2.07 bits per heavy atom. The summed E-state index contributed by atoms with van der Waals surface area (Å²) in [6.45, 7) is 7.11. The molecule has 5 heteroatoms. The van der Waals surface area contributed by atoms with Gasteiger partial charge in [-0.3, -0.25) is 9.59 Å². The van der Waals surface area contributed by atoms with E-state index in [1.807, 2.05) is 54.6 Å². The minimum Gasteiger partial charge on any atom is -0.462 e. The van der Waals surface area contributed by atoms with E-state index < -0.39 is 23.3 Å². The Labute approximate surface area is 176 Å². The summed E-state index contributed by atoms with van der Waals surface area (Å²) < 4.78 is 17.4. The molecular formula is C25H26O5. The van der Waals surface area contributed by atoms with Gasteiger partial charge in [0.15, 0.2) is 5.41 Å². The molecule has 4 rings (SSSR count). The van der Waals surface area contributed by atoms with Crippen molar-refractivity contribution in [3.63, 3.8) is 0 Å². The van der Waals surface area contributed by atoms with E-state index in [4.69, 9.17) is 13.9 Å². The summed E-state index contributed by atoms with van der Waals surface area (Å²) in [7, 11) is 0. The first kappa shape index (κ1) is 20.2. The van der Waals surface area contributed by atoms with Crippen LogP contribution in [0.4, 0.5) is 0 Å². The highest BCUT2D eigenvalue weighted by Gasteiger charge is 2.62. The molecule has 3 aromatic rings. The lowest BCUT2D eigenvalue weighted by atomic mass is 9.71. The van der Waals surface area contributed by atoms with Crippen molar-refractivity contribution in [2.24, 2.45) is 5.41 Å². The van der Waals surface area contributed by atoms with Gasteiger partial charge in [0, 0.05) is 23.3 Å². The molecule has 0 bridgehead atoms. The van der Waals surface area contributed by atoms with Crippen LogP contribution in [0.2, 0.25) is 0 Å². The molecule has 0 aliphatic heterocycles. The third kappa shape index (κ3) is 3.18.